The molecule has 3 heteroatoms. The van der Waals surface area contributed by atoms with Crippen molar-refractivity contribution in [1.29, 1.82) is 0 Å². The SMILES string of the molecule is CCc1cnc(C2CCNCC2)s1. The van der Waals surface area contributed by atoms with Crippen molar-refractivity contribution in [2.75, 3.05) is 13.1 Å². The molecule has 1 N–H and O–H groups in total. The third kappa shape index (κ3) is 2.09. The van der Waals surface area contributed by atoms with E-state index in [9.17, 15) is 0 Å². The summed E-state index contributed by atoms with van der Waals surface area (Å²) in [5, 5.41) is 4.74. The molecule has 1 aromatic rings. The van der Waals surface area contributed by atoms with E-state index in [4.69, 9.17) is 0 Å². The van der Waals surface area contributed by atoms with Crippen molar-refractivity contribution in [2.45, 2.75) is 32.1 Å². The van der Waals surface area contributed by atoms with Gasteiger partial charge >= 0.3 is 0 Å². The van der Waals surface area contributed by atoms with Gasteiger partial charge in [0.25, 0.3) is 0 Å². The second-order valence-corrected chi connectivity index (χ2v) is 4.69. The van der Waals surface area contributed by atoms with Crippen molar-refractivity contribution in [3.05, 3.63) is 16.1 Å². The van der Waals surface area contributed by atoms with Crippen molar-refractivity contribution >= 4 is 11.3 Å². The van der Waals surface area contributed by atoms with Gasteiger partial charge in [-0.15, -0.1) is 11.3 Å². The quantitative estimate of drug-likeness (QED) is 0.784. The maximum absolute atomic E-state index is 4.50. The minimum absolute atomic E-state index is 0.728. The van der Waals surface area contributed by atoms with Crippen LogP contribution in [-0.2, 0) is 6.42 Å². The van der Waals surface area contributed by atoms with Gasteiger partial charge in [-0.2, -0.15) is 0 Å². The minimum Gasteiger partial charge on any atom is -0.317 e. The zero-order valence-corrected chi connectivity index (χ0v) is 8.86. The third-order valence-electron chi connectivity index (χ3n) is 2.61. The van der Waals surface area contributed by atoms with E-state index in [-0.39, 0.29) is 0 Å². The van der Waals surface area contributed by atoms with Crippen molar-refractivity contribution in [3.63, 3.8) is 0 Å². The molecule has 0 amide bonds. The van der Waals surface area contributed by atoms with Crippen molar-refractivity contribution < 1.29 is 0 Å². The van der Waals surface area contributed by atoms with Gasteiger partial charge in [0.15, 0.2) is 0 Å². The Bertz CT molecular complexity index is 264. The van der Waals surface area contributed by atoms with Crippen LogP contribution in [0.1, 0.15) is 35.6 Å². The van der Waals surface area contributed by atoms with Crippen molar-refractivity contribution in [2.24, 2.45) is 0 Å². The Kier molecular flexibility index (Phi) is 2.96. The summed E-state index contributed by atoms with van der Waals surface area (Å²) in [7, 11) is 0. The van der Waals surface area contributed by atoms with Gasteiger partial charge < -0.3 is 5.32 Å². The first-order valence-corrected chi connectivity index (χ1v) is 5.87. The lowest BCUT2D eigenvalue weighted by Crippen LogP contribution is -2.26. The number of rotatable bonds is 2. The Labute approximate surface area is 83.4 Å². The van der Waals surface area contributed by atoms with Gasteiger partial charge in [-0.25, -0.2) is 4.98 Å². The lowest BCUT2D eigenvalue weighted by Gasteiger charge is -2.20. The highest BCUT2D eigenvalue weighted by Crippen LogP contribution is 2.28. The Morgan fingerprint density at radius 1 is 1.54 bits per heavy atom. The summed E-state index contributed by atoms with van der Waals surface area (Å²) in [5.74, 6) is 0.728. The molecule has 1 aromatic heterocycles. The van der Waals surface area contributed by atoms with E-state index in [0.717, 1.165) is 25.4 Å². The molecular formula is C10H16N2S. The van der Waals surface area contributed by atoms with E-state index in [1.54, 1.807) is 0 Å². The van der Waals surface area contributed by atoms with Gasteiger partial charge in [-0.1, -0.05) is 6.92 Å². The molecule has 0 aromatic carbocycles. The summed E-state index contributed by atoms with van der Waals surface area (Å²) in [6.07, 6.45) is 5.69. The molecule has 0 atom stereocenters. The average molecular weight is 196 g/mol. The van der Waals surface area contributed by atoms with Crippen LogP contribution in [0.5, 0.6) is 0 Å². The molecule has 1 saturated heterocycles. The number of hydrogen-bond acceptors (Lipinski definition) is 3. The molecule has 0 spiro atoms. The van der Waals surface area contributed by atoms with Crippen LogP contribution in [0, 0.1) is 0 Å². The molecule has 0 unspecified atom stereocenters. The van der Waals surface area contributed by atoms with Crippen LogP contribution >= 0.6 is 11.3 Å². The normalized spacial score (nSPS) is 19.2. The highest BCUT2D eigenvalue weighted by atomic mass is 32.1. The fourth-order valence-electron chi connectivity index (χ4n) is 1.74. The molecule has 2 nitrogen and oxygen atoms in total. The van der Waals surface area contributed by atoms with E-state index < -0.39 is 0 Å². The van der Waals surface area contributed by atoms with Gasteiger partial charge in [0.05, 0.1) is 5.01 Å². The smallest absolute Gasteiger partial charge is 0.0959 e. The van der Waals surface area contributed by atoms with Crippen LogP contribution in [0.25, 0.3) is 0 Å². The zero-order chi connectivity index (χ0) is 9.10. The number of nitrogens with zero attached hydrogens (tertiary/aromatic N) is 1. The van der Waals surface area contributed by atoms with Crippen molar-refractivity contribution in [1.82, 2.24) is 10.3 Å². The predicted octanol–water partition coefficient (Wildman–Crippen LogP) is 2.17. The zero-order valence-electron chi connectivity index (χ0n) is 8.05. The van der Waals surface area contributed by atoms with E-state index >= 15 is 0 Å². The van der Waals surface area contributed by atoms with Gasteiger partial charge in [0.1, 0.15) is 0 Å². The summed E-state index contributed by atoms with van der Waals surface area (Å²) in [6, 6.07) is 0. The Morgan fingerprint density at radius 2 is 2.31 bits per heavy atom. The molecular weight excluding hydrogens is 180 g/mol. The first-order chi connectivity index (χ1) is 6.40. The summed E-state index contributed by atoms with van der Waals surface area (Å²) >= 11 is 1.90. The number of aromatic nitrogens is 1. The number of nitrogens with one attached hydrogen (secondary N) is 1. The number of thiazole rings is 1. The number of aryl methyl sites for hydroxylation is 1. The molecule has 13 heavy (non-hydrogen) atoms. The highest BCUT2D eigenvalue weighted by molar-refractivity contribution is 7.11. The second-order valence-electron chi connectivity index (χ2n) is 3.54. The van der Waals surface area contributed by atoms with E-state index in [2.05, 4.69) is 17.2 Å². The fourth-order valence-corrected chi connectivity index (χ4v) is 2.77. The van der Waals surface area contributed by atoms with E-state index in [1.807, 2.05) is 17.5 Å². The lowest BCUT2D eigenvalue weighted by atomic mass is 9.99. The minimum atomic E-state index is 0.728. The van der Waals surface area contributed by atoms with Gasteiger partial charge in [0, 0.05) is 17.0 Å². The number of hydrogen-bond donors (Lipinski definition) is 1. The lowest BCUT2D eigenvalue weighted by molar-refractivity contribution is 0.459. The van der Waals surface area contributed by atoms with Crippen LogP contribution in [-0.4, -0.2) is 18.1 Å². The fraction of sp³-hybridized carbons (Fsp3) is 0.700. The maximum Gasteiger partial charge on any atom is 0.0959 e. The molecule has 72 valence electrons. The van der Waals surface area contributed by atoms with Gasteiger partial charge in [-0.3, -0.25) is 0 Å². The molecule has 0 aliphatic carbocycles. The second kappa shape index (κ2) is 4.20. The molecule has 2 heterocycles. The van der Waals surface area contributed by atoms with E-state index in [0.29, 0.717) is 0 Å². The van der Waals surface area contributed by atoms with Crippen LogP contribution in [0.4, 0.5) is 0 Å². The third-order valence-corrected chi connectivity index (χ3v) is 3.91. The Morgan fingerprint density at radius 3 is 2.92 bits per heavy atom. The maximum atomic E-state index is 4.50. The molecule has 0 saturated carbocycles. The Balaban J connectivity index is 2.05. The molecule has 1 aliphatic heterocycles. The molecule has 2 rings (SSSR count). The van der Waals surface area contributed by atoms with E-state index in [1.165, 1.54) is 22.7 Å². The monoisotopic (exact) mass is 196 g/mol. The highest BCUT2D eigenvalue weighted by Gasteiger charge is 2.17. The van der Waals surface area contributed by atoms with Crippen LogP contribution in [0.3, 0.4) is 0 Å². The topological polar surface area (TPSA) is 24.9 Å². The largest absolute Gasteiger partial charge is 0.317 e. The molecule has 0 bridgehead atoms. The summed E-state index contributed by atoms with van der Waals surface area (Å²) in [4.78, 5) is 5.93. The average Bonchev–Trinajstić information content (AvgIpc) is 2.67. The first kappa shape index (κ1) is 9.16. The van der Waals surface area contributed by atoms with Gasteiger partial charge in [-0.05, 0) is 32.4 Å². The van der Waals surface area contributed by atoms with Gasteiger partial charge in [0.2, 0.25) is 0 Å². The summed E-state index contributed by atoms with van der Waals surface area (Å²) in [5.41, 5.74) is 0. The standard InChI is InChI=1S/C10H16N2S/c1-2-9-7-12-10(13-9)8-3-5-11-6-4-8/h7-8,11H,2-6H2,1H3. The molecule has 1 fully saturated rings. The van der Waals surface area contributed by atoms with Crippen molar-refractivity contribution in [3.8, 4) is 0 Å². The van der Waals surface area contributed by atoms with Crippen LogP contribution < -0.4 is 5.32 Å². The first-order valence-electron chi connectivity index (χ1n) is 5.05. The predicted molar refractivity (Wildman–Crippen MR) is 56.3 cm³/mol. The van der Waals surface area contributed by atoms with Crippen LogP contribution in [0.2, 0.25) is 0 Å². The Hall–Kier alpha value is -0.410. The molecule has 0 radical (unpaired) electrons. The summed E-state index contributed by atoms with van der Waals surface area (Å²) < 4.78 is 0. The van der Waals surface area contributed by atoms with Crippen LogP contribution in [0.15, 0.2) is 6.20 Å². The number of piperidine rings is 1. The molecule has 1 aliphatic rings. The summed E-state index contributed by atoms with van der Waals surface area (Å²) in [6.45, 7) is 4.51.